The second-order valence-corrected chi connectivity index (χ2v) is 5.13. The Hall–Kier alpha value is -1.33. The SMILES string of the molecule is CCNC(Cc1c(Cl)c(C)nn1C)c1cn(C)cn1. The third-order valence-corrected chi connectivity index (χ3v) is 3.68. The first-order valence-electron chi connectivity index (χ1n) is 6.42. The highest BCUT2D eigenvalue weighted by Gasteiger charge is 2.19. The van der Waals surface area contributed by atoms with E-state index in [1.807, 2.05) is 42.8 Å². The molecule has 19 heavy (non-hydrogen) atoms. The van der Waals surface area contributed by atoms with Gasteiger partial charge in [-0.25, -0.2) is 4.98 Å². The van der Waals surface area contributed by atoms with E-state index < -0.39 is 0 Å². The molecular formula is C13H20ClN5. The first-order chi connectivity index (χ1) is 9.02. The lowest BCUT2D eigenvalue weighted by Crippen LogP contribution is -2.24. The van der Waals surface area contributed by atoms with Gasteiger partial charge in [-0.1, -0.05) is 18.5 Å². The van der Waals surface area contributed by atoms with Gasteiger partial charge in [0.05, 0.1) is 34.5 Å². The van der Waals surface area contributed by atoms with Crippen LogP contribution in [0.1, 0.15) is 30.0 Å². The molecule has 5 nitrogen and oxygen atoms in total. The van der Waals surface area contributed by atoms with Crippen molar-refractivity contribution in [3.63, 3.8) is 0 Å². The fourth-order valence-corrected chi connectivity index (χ4v) is 2.47. The van der Waals surface area contributed by atoms with Gasteiger partial charge >= 0.3 is 0 Å². The maximum Gasteiger partial charge on any atom is 0.0947 e. The summed E-state index contributed by atoms with van der Waals surface area (Å²) in [4.78, 5) is 4.42. The van der Waals surface area contributed by atoms with E-state index in [0.717, 1.165) is 35.1 Å². The minimum Gasteiger partial charge on any atom is -0.340 e. The van der Waals surface area contributed by atoms with Crippen LogP contribution in [0.3, 0.4) is 0 Å². The van der Waals surface area contributed by atoms with E-state index in [1.54, 1.807) is 0 Å². The number of aromatic nitrogens is 4. The molecule has 2 aromatic rings. The van der Waals surface area contributed by atoms with Crippen molar-refractivity contribution in [2.45, 2.75) is 26.3 Å². The Morgan fingerprint density at radius 1 is 1.42 bits per heavy atom. The van der Waals surface area contributed by atoms with Gasteiger partial charge in [0.1, 0.15) is 0 Å². The lowest BCUT2D eigenvalue weighted by molar-refractivity contribution is 0.519. The van der Waals surface area contributed by atoms with Crippen molar-refractivity contribution in [2.75, 3.05) is 6.54 Å². The summed E-state index contributed by atoms with van der Waals surface area (Å²) in [6.07, 6.45) is 4.63. The molecule has 0 aromatic carbocycles. The molecule has 0 aliphatic heterocycles. The zero-order valence-corrected chi connectivity index (χ0v) is 12.6. The van der Waals surface area contributed by atoms with E-state index in [-0.39, 0.29) is 6.04 Å². The number of hydrogen-bond donors (Lipinski definition) is 1. The minimum absolute atomic E-state index is 0.151. The van der Waals surface area contributed by atoms with Gasteiger partial charge < -0.3 is 9.88 Å². The number of imidazole rings is 1. The van der Waals surface area contributed by atoms with Gasteiger partial charge in [0.15, 0.2) is 0 Å². The van der Waals surface area contributed by atoms with Crippen molar-refractivity contribution >= 4 is 11.6 Å². The van der Waals surface area contributed by atoms with Crippen LogP contribution in [0.25, 0.3) is 0 Å². The first-order valence-corrected chi connectivity index (χ1v) is 6.80. The van der Waals surface area contributed by atoms with Crippen LogP contribution in [-0.2, 0) is 20.5 Å². The van der Waals surface area contributed by atoms with Gasteiger partial charge in [-0.15, -0.1) is 0 Å². The van der Waals surface area contributed by atoms with E-state index in [4.69, 9.17) is 11.6 Å². The molecule has 2 aromatic heterocycles. The Balaban J connectivity index is 2.26. The fourth-order valence-electron chi connectivity index (χ4n) is 2.24. The smallest absolute Gasteiger partial charge is 0.0947 e. The van der Waals surface area contributed by atoms with Crippen LogP contribution in [0.15, 0.2) is 12.5 Å². The number of nitrogens with one attached hydrogen (secondary N) is 1. The average Bonchev–Trinajstić information content (AvgIpc) is 2.88. The highest BCUT2D eigenvalue weighted by Crippen LogP contribution is 2.24. The highest BCUT2D eigenvalue weighted by molar-refractivity contribution is 6.31. The fraction of sp³-hybridized carbons (Fsp3) is 0.538. The number of rotatable bonds is 5. The average molecular weight is 282 g/mol. The number of halogens is 1. The zero-order valence-electron chi connectivity index (χ0n) is 11.8. The van der Waals surface area contributed by atoms with Crippen molar-refractivity contribution in [3.05, 3.63) is 34.6 Å². The maximum absolute atomic E-state index is 6.31. The maximum atomic E-state index is 6.31. The first kappa shape index (κ1) is 14.1. The number of aryl methyl sites for hydroxylation is 3. The monoisotopic (exact) mass is 281 g/mol. The largest absolute Gasteiger partial charge is 0.340 e. The Labute approximate surface area is 118 Å². The molecule has 0 radical (unpaired) electrons. The molecule has 2 heterocycles. The molecular weight excluding hydrogens is 262 g/mol. The molecule has 0 aliphatic rings. The topological polar surface area (TPSA) is 47.7 Å². The van der Waals surface area contributed by atoms with Gasteiger partial charge in [0.25, 0.3) is 0 Å². The predicted molar refractivity (Wildman–Crippen MR) is 76.3 cm³/mol. The lowest BCUT2D eigenvalue weighted by atomic mass is 10.1. The zero-order chi connectivity index (χ0) is 14.0. The molecule has 104 valence electrons. The number of hydrogen-bond acceptors (Lipinski definition) is 3. The van der Waals surface area contributed by atoms with Gasteiger partial charge in [0, 0.05) is 26.7 Å². The summed E-state index contributed by atoms with van der Waals surface area (Å²) in [5.41, 5.74) is 2.94. The summed E-state index contributed by atoms with van der Waals surface area (Å²) in [6, 6.07) is 0.151. The Morgan fingerprint density at radius 3 is 2.63 bits per heavy atom. The van der Waals surface area contributed by atoms with Gasteiger partial charge in [-0.2, -0.15) is 5.10 Å². The third kappa shape index (κ3) is 2.98. The summed E-state index contributed by atoms with van der Waals surface area (Å²) < 4.78 is 3.81. The van der Waals surface area contributed by atoms with Crippen LogP contribution < -0.4 is 5.32 Å². The molecule has 1 N–H and O–H groups in total. The molecule has 0 amide bonds. The Morgan fingerprint density at radius 2 is 2.16 bits per heavy atom. The molecule has 0 bridgehead atoms. The lowest BCUT2D eigenvalue weighted by Gasteiger charge is -2.16. The van der Waals surface area contributed by atoms with Crippen molar-refractivity contribution in [1.29, 1.82) is 0 Å². The molecule has 2 rings (SSSR count). The van der Waals surface area contributed by atoms with Crippen LogP contribution in [0.5, 0.6) is 0 Å². The van der Waals surface area contributed by atoms with E-state index in [9.17, 15) is 0 Å². The second kappa shape index (κ2) is 5.75. The van der Waals surface area contributed by atoms with Gasteiger partial charge in [-0.05, 0) is 13.5 Å². The predicted octanol–water partition coefficient (Wildman–Crippen LogP) is 2.01. The molecule has 1 unspecified atom stereocenters. The van der Waals surface area contributed by atoms with Crippen LogP contribution in [0, 0.1) is 6.92 Å². The summed E-state index contributed by atoms with van der Waals surface area (Å²) >= 11 is 6.31. The summed E-state index contributed by atoms with van der Waals surface area (Å²) in [7, 11) is 3.90. The van der Waals surface area contributed by atoms with Crippen molar-refractivity contribution in [3.8, 4) is 0 Å². The minimum atomic E-state index is 0.151. The van der Waals surface area contributed by atoms with Crippen molar-refractivity contribution < 1.29 is 0 Å². The number of likely N-dealkylation sites (N-methyl/N-ethyl adjacent to an activating group) is 1. The highest BCUT2D eigenvalue weighted by atomic mass is 35.5. The van der Waals surface area contributed by atoms with Crippen LogP contribution >= 0.6 is 11.6 Å². The summed E-state index contributed by atoms with van der Waals surface area (Å²) in [5.74, 6) is 0. The number of nitrogens with zero attached hydrogens (tertiary/aromatic N) is 4. The quantitative estimate of drug-likeness (QED) is 0.912. The second-order valence-electron chi connectivity index (χ2n) is 4.75. The molecule has 1 atom stereocenters. The Bertz CT molecular complexity index is 557. The molecule has 0 spiro atoms. The van der Waals surface area contributed by atoms with E-state index in [1.165, 1.54) is 0 Å². The van der Waals surface area contributed by atoms with E-state index >= 15 is 0 Å². The van der Waals surface area contributed by atoms with Crippen molar-refractivity contribution in [2.24, 2.45) is 14.1 Å². The van der Waals surface area contributed by atoms with E-state index in [2.05, 4.69) is 22.3 Å². The van der Waals surface area contributed by atoms with Crippen molar-refractivity contribution in [1.82, 2.24) is 24.6 Å². The van der Waals surface area contributed by atoms with Crippen LogP contribution in [-0.4, -0.2) is 25.9 Å². The molecule has 0 fully saturated rings. The van der Waals surface area contributed by atoms with Crippen LogP contribution in [0.2, 0.25) is 5.02 Å². The summed E-state index contributed by atoms with van der Waals surface area (Å²) in [5, 5.41) is 8.55. The normalized spacial score (nSPS) is 12.9. The Kier molecular flexibility index (Phi) is 4.27. The molecule has 0 aliphatic carbocycles. The molecule has 6 heteroatoms. The molecule has 0 saturated carbocycles. The molecule has 0 saturated heterocycles. The van der Waals surface area contributed by atoms with Gasteiger partial charge in [0.2, 0.25) is 0 Å². The standard InChI is InChI=1S/C13H20ClN5/c1-5-15-10(11-7-18(3)8-16-11)6-12-13(14)9(2)17-19(12)4/h7-8,10,15H,5-6H2,1-4H3. The summed E-state index contributed by atoms with van der Waals surface area (Å²) in [6.45, 7) is 4.90. The van der Waals surface area contributed by atoms with Crippen LogP contribution in [0.4, 0.5) is 0 Å². The van der Waals surface area contributed by atoms with Gasteiger partial charge in [-0.3, -0.25) is 4.68 Å². The van der Waals surface area contributed by atoms with E-state index in [0.29, 0.717) is 0 Å². The third-order valence-electron chi connectivity index (χ3n) is 3.19.